The third kappa shape index (κ3) is 7.07. The van der Waals surface area contributed by atoms with E-state index < -0.39 is 5.60 Å². The minimum absolute atomic E-state index is 0.129. The molecule has 51 heavy (non-hydrogen) atoms. The Labute approximate surface area is 304 Å². The van der Waals surface area contributed by atoms with E-state index in [9.17, 15) is 5.11 Å². The lowest BCUT2D eigenvalue weighted by atomic mass is 9.67. The highest BCUT2D eigenvalue weighted by molar-refractivity contribution is 5.87. The smallest absolute Gasteiger partial charge is 0.188 e. The highest BCUT2D eigenvalue weighted by Gasteiger charge is 2.46. The van der Waals surface area contributed by atoms with Gasteiger partial charge in [-0.3, -0.25) is 9.80 Å². The molecule has 0 amide bonds. The number of methoxy groups -OCH3 is 1. The van der Waals surface area contributed by atoms with Crippen LogP contribution in [0.15, 0.2) is 103 Å². The van der Waals surface area contributed by atoms with Crippen molar-refractivity contribution in [1.29, 1.82) is 0 Å². The number of hydrogen-bond acceptors (Lipinski definition) is 7. The van der Waals surface area contributed by atoms with Crippen molar-refractivity contribution < 1.29 is 14.6 Å². The Balaban J connectivity index is 0.908. The van der Waals surface area contributed by atoms with Gasteiger partial charge in [-0.1, -0.05) is 91.0 Å². The van der Waals surface area contributed by atoms with E-state index in [1.165, 1.54) is 29.5 Å². The van der Waals surface area contributed by atoms with Crippen molar-refractivity contribution in [3.05, 3.63) is 120 Å². The van der Waals surface area contributed by atoms with Gasteiger partial charge < -0.3 is 24.4 Å². The van der Waals surface area contributed by atoms with Crippen LogP contribution in [0.5, 0.6) is 5.75 Å². The number of ether oxygens (including phenoxy) is 2. The zero-order valence-corrected chi connectivity index (χ0v) is 30.2. The Morgan fingerprint density at radius 3 is 2.29 bits per heavy atom. The van der Waals surface area contributed by atoms with E-state index >= 15 is 0 Å². The molecule has 4 aliphatic rings. The van der Waals surface area contributed by atoms with Gasteiger partial charge in [-0.25, -0.2) is 0 Å². The fourth-order valence-corrected chi connectivity index (χ4v) is 9.53. The maximum Gasteiger partial charge on any atom is 0.188 e. The highest BCUT2D eigenvalue weighted by Crippen LogP contribution is 2.47. The van der Waals surface area contributed by atoms with E-state index in [-0.39, 0.29) is 12.7 Å². The highest BCUT2D eigenvalue weighted by atomic mass is 16.7. The normalized spacial score (nSPS) is 26.3. The summed E-state index contributed by atoms with van der Waals surface area (Å²) in [4.78, 5) is 10.5. The van der Waals surface area contributed by atoms with Crippen LogP contribution in [0.25, 0.3) is 10.8 Å². The topological polar surface area (TPSA) is 51.7 Å². The molecule has 2 saturated heterocycles. The van der Waals surface area contributed by atoms with Gasteiger partial charge in [0.1, 0.15) is 11.4 Å². The fourth-order valence-electron chi connectivity index (χ4n) is 9.53. The molecule has 7 nitrogen and oxygen atoms in total. The number of allylic oxidation sites excluding steroid dienone is 1. The molecular formula is C44H54N4O3. The second kappa shape index (κ2) is 15.5. The number of para-hydroxylation sites is 2. The van der Waals surface area contributed by atoms with Gasteiger partial charge >= 0.3 is 0 Å². The van der Waals surface area contributed by atoms with Crippen molar-refractivity contribution in [2.75, 3.05) is 84.3 Å². The van der Waals surface area contributed by atoms with Crippen LogP contribution >= 0.6 is 0 Å². The van der Waals surface area contributed by atoms with Crippen LogP contribution in [0.1, 0.15) is 36.0 Å². The molecule has 2 fully saturated rings. The van der Waals surface area contributed by atoms with Crippen molar-refractivity contribution in [2.24, 2.45) is 11.8 Å². The third-order valence-electron chi connectivity index (χ3n) is 12.2. The predicted molar refractivity (Wildman–Crippen MR) is 206 cm³/mol. The summed E-state index contributed by atoms with van der Waals surface area (Å²) in [5, 5.41) is 15.3. The molecule has 4 unspecified atom stereocenters. The molecular weight excluding hydrogens is 633 g/mol. The number of benzene rings is 4. The number of anilines is 1. The van der Waals surface area contributed by atoms with Crippen LogP contribution in [0.3, 0.4) is 0 Å². The zero-order chi connectivity index (χ0) is 34.6. The number of piperazine rings is 2. The number of aryl methyl sites for hydroxylation is 1. The summed E-state index contributed by atoms with van der Waals surface area (Å²) in [5.41, 5.74) is 3.57. The average Bonchev–Trinajstić information content (AvgIpc) is 3.19. The Morgan fingerprint density at radius 2 is 1.43 bits per heavy atom. The molecule has 2 heterocycles. The van der Waals surface area contributed by atoms with Gasteiger partial charge in [0.25, 0.3) is 0 Å². The predicted octanol–water partition coefficient (Wildman–Crippen LogP) is 6.40. The zero-order valence-electron chi connectivity index (χ0n) is 30.2. The largest absolute Gasteiger partial charge is 0.465 e. The first-order valence-corrected chi connectivity index (χ1v) is 19.2. The van der Waals surface area contributed by atoms with Crippen molar-refractivity contribution in [3.63, 3.8) is 0 Å². The van der Waals surface area contributed by atoms with E-state index in [0.717, 1.165) is 101 Å². The van der Waals surface area contributed by atoms with Crippen molar-refractivity contribution in [2.45, 2.75) is 37.3 Å². The molecule has 4 aromatic carbocycles. The average molecular weight is 687 g/mol. The van der Waals surface area contributed by atoms with Gasteiger partial charge in [0.05, 0.1) is 5.69 Å². The molecule has 2 aliphatic heterocycles. The first-order valence-electron chi connectivity index (χ1n) is 19.2. The molecule has 0 aromatic heterocycles. The molecule has 8 rings (SSSR count). The van der Waals surface area contributed by atoms with Gasteiger partial charge in [0.2, 0.25) is 0 Å². The third-order valence-corrected chi connectivity index (χ3v) is 12.2. The fraction of sp³-hybridized carbons (Fsp3) is 0.455. The second-order valence-electron chi connectivity index (χ2n) is 15.1. The quantitative estimate of drug-likeness (QED) is 0.153. The molecule has 0 saturated carbocycles. The molecule has 0 bridgehead atoms. The van der Waals surface area contributed by atoms with Crippen molar-refractivity contribution in [1.82, 2.24) is 14.7 Å². The summed E-state index contributed by atoms with van der Waals surface area (Å²) in [6.45, 7) is 10.7. The molecule has 2 aliphatic carbocycles. The molecule has 0 spiro atoms. The van der Waals surface area contributed by atoms with Gasteiger partial charge in [-0.15, -0.1) is 0 Å². The van der Waals surface area contributed by atoms with Crippen LogP contribution in [-0.2, 0) is 16.8 Å². The van der Waals surface area contributed by atoms with Crippen LogP contribution in [0, 0.1) is 11.8 Å². The van der Waals surface area contributed by atoms with Gasteiger partial charge in [-0.05, 0) is 71.2 Å². The van der Waals surface area contributed by atoms with Crippen LogP contribution < -0.4 is 9.64 Å². The monoisotopic (exact) mass is 686 g/mol. The number of rotatable bonds is 10. The molecule has 7 heteroatoms. The van der Waals surface area contributed by atoms with E-state index in [4.69, 9.17) is 9.47 Å². The maximum atomic E-state index is 13.0. The lowest BCUT2D eigenvalue weighted by molar-refractivity contribution is -0.0207. The number of fused-ring (bicyclic) bond motifs is 2. The number of nitrogens with zero attached hydrogens (tertiary/aromatic N) is 4. The van der Waals surface area contributed by atoms with E-state index in [2.05, 4.69) is 111 Å². The minimum Gasteiger partial charge on any atom is -0.465 e. The van der Waals surface area contributed by atoms with Crippen LogP contribution in [-0.4, -0.2) is 105 Å². The van der Waals surface area contributed by atoms with Gasteiger partial charge in [0, 0.05) is 84.5 Å². The summed E-state index contributed by atoms with van der Waals surface area (Å²) in [7, 11) is 1.67. The summed E-state index contributed by atoms with van der Waals surface area (Å²) >= 11 is 0. The maximum absolute atomic E-state index is 13.0. The SMILES string of the molecule is COCOc1ccccc1N1CCN(CC2CCC=CC2N2CCN(CC3CCc4ccccc4C3(O)c3cccc4ccccc34)CC2)CC1. The van der Waals surface area contributed by atoms with Gasteiger partial charge in [-0.2, -0.15) is 0 Å². The summed E-state index contributed by atoms with van der Waals surface area (Å²) in [6.07, 6.45) is 9.39. The minimum atomic E-state index is -1.02. The summed E-state index contributed by atoms with van der Waals surface area (Å²) in [5.74, 6) is 1.68. The van der Waals surface area contributed by atoms with E-state index in [0.29, 0.717) is 12.0 Å². The Kier molecular flexibility index (Phi) is 10.4. The van der Waals surface area contributed by atoms with E-state index in [1.807, 2.05) is 12.1 Å². The first kappa shape index (κ1) is 34.4. The first-order chi connectivity index (χ1) is 25.1. The van der Waals surface area contributed by atoms with Crippen molar-refractivity contribution in [3.8, 4) is 5.75 Å². The van der Waals surface area contributed by atoms with Gasteiger partial charge in [0.15, 0.2) is 6.79 Å². The van der Waals surface area contributed by atoms with Crippen molar-refractivity contribution >= 4 is 16.5 Å². The number of hydrogen-bond donors (Lipinski definition) is 1. The Morgan fingerprint density at radius 1 is 0.725 bits per heavy atom. The van der Waals surface area contributed by atoms with E-state index in [1.54, 1.807) is 7.11 Å². The lowest BCUT2D eigenvalue weighted by Crippen LogP contribution is -2.56. The van der Waals surface area contributed by atoms with Crippen LogP contribution in [0.4, 0.5) is 5.69 Å². The number of aliphatic hydroxyl groups is 1. The summed E-state index contributed by atoms with van der Waals surface area (Å²) < 4.78 is 11.0. The Hall–Kier alpha value is -3.72. The molecule has 4 aromatic rings. The molecule has 1 N–H and O–H groups in total. The molecule has 268 valence electrons. The van der Waals surface area contributed by atoms with Crippen LogP contribution in [0.2, 0.25) is 0 Å². The second-order valence-corrected chi connectivity index (χ2v) is 15.1. The summed E-state index contributed by atoms with van der Waals surface area (Å²) in [6, 6.07) is 32.4. The molecule has 0 radical (unpaired) electrons. The lowest BCUT2D eigenvalue weighted by Gasteiger charge is -2.47. The molecule has 4 atom stereocenters. The Bertz CT molecular complexity index is 1790. The standard InChI is InChI=1S/C44H54N4O3/c1-50-33-51-43-20-9-8-19-42(43)48-29-23-45(24-30-48)31-36-13-4-7-18-41(36)47-27-25-46(26-28-47)32-37-22-21-35-12-3-6-16-39(35)44(37,49)40-17-10-14-34-11-2-5-15-38(34)40/h2-3,5-12,14-20,36-37,41,49H,4,13,21-33H2,1H3.